The third kappa shape index (κ3) is 4.54. The molecule has 0 unspecified atom stereocenters. The molecule has 1 nitrogen and oxygen atoms in total. The molecule has 0 atom stereocenters. The summed E-state index contributed by atoms with van der Waals surface area (Å²) in [4.78, 5) is 2.53. The van der Waals surface area contributed by atoms with Crippen molar-refractivity contribution in [3.8, 4) is 33.4 Å². The van der Waals surface area contributed by atoms with Crippen LogP contribution >= 0.6 is 11.3 Å². The average molecular weight is 742 g/mol. The first kappa shape index (κ1) is 32.0. The summed E-state index contributed by atoms with van der Waals surface area (Å²) in [6.07, 6.45) is 0. The van der Waals surface area contributed by atoms with Crippen LogP contribution in [0, 0.1) is 0 Å². The monoisotopic (exact) mass is 741 g/mol. The van der Waals surface area contributed by atoms with Crippen LogP contribution in [0.15, 0.2) is 164 Å². The molecule has 0 amide bonds. The first-order valence-corrected chi connectivity index (χ1v) is 25.8. The summed E-state index contributed by atoms with van der Waals surface area (Å²) in [6, 6.07) is 62.2. The molecule has 0 saturated heterocycles. The van der Waals surface area contributed by atoms with Gasteiger partial charge in [0.1, 0.15) is 16.1 Å². The minimum Gasteiger partial charge on any atom is -0.310 e. The van der Waals surface area contributed by atoms with Crippen molar-refractivity contribution < 1.29 is 0 Å². The summed E-state index contributed by atoms with van der Waals surface area (Å²) in [7, 11) is -3.90. The summed E-state index contributed by atoms with van der Waals surface area (Å²) in [6.45, 7) is 10.1. The standard InChI is InChI=1S/C50H39NSSi2/c1-53(2)45-19-10-8-17-40(45)41-24-22-37(30-47(41)53)51(36-15-11-14-34(29-36)35-21-20-32-12-5-6-13-33(32)28-35)38-23-25-43-48(31-38)54(3,4)46-27-26-42-39-16-7-9-18-44(39)52-50(42)49(43)46/h5-31H,1-4H3. The van der Waals surface area contributed by atoms with Gasteiger partial charge in [-0.25, -0.2) is 0 Å². The second-order valence-electron chi connectivity index (χ2n) is 16.2. The van der Waals surface area contributed by atoms with Crippen LogP contribution in [0.5, 0.6) is 0 Å². The third-order valence-corrected chi connectivity index (χ3v) is 20.7. The molecule has 0 N–H and O–H groups in total. The third-order valence-electron chi connectivity index (χ3n) is 12.4. The normalized spacial score (nSPS) is 14.6. The maximum absolute atomic E-state index is 2.55. The molecule has 3 heterocycles. The molecule has 0 aliphatic carbocycles. The lowest BCUT2D eigenvalue weighted by molar-refractivity contribution is 1.29. The van der Waals surface area contributed by atoms with E-state index in [4.69, 9.17) is 0 Å². The van der Waals surface area contributed by atoms with Gasteiger partial charge in [-0.3, -0.25) is 0 Å². The fraction of sp³-hybridized carbons (Fsp3) is 0.0800. The van der Waals surface area contributed by atoms with Gasteiger partial charge in [0, 0.05) is 37.2 Å². The van der Waals surface area contributed by atoms with Gasteiger partial charge in [0.15, 0.2) is 0 Å². The van der Waals surface area contributed by atoms with E-state index in [1.165, 1.54) is 96.9 Å². The lowest BCUT2D eigenvalue weighted by atomic mass is 10.00. The van der Waals surface area contributed by atoms with Gasteiger partial charge in [0.05, 0.1) is 0 Å². The second-order valence-corrected chi connectivity index (χ2v) is 25.9. The van der Waals surface area contributed by atoms with Crippen LogP contribution in [0.2, 0.25) is 26.2 Å². The molecule has 11 rings (SSSR count). The molecular weight excluding hydrogens is 703 g/mol. The van der Waals surface area contributed by atoms with E-state index in [0.29, 0.717) is 0 Å². The summed E-state index contributed by atoms with van der Waals surface area (Å²) < 4.78 is 2.80. The Kier molecular flexibility index (Phi) is 6.80. The lowest BCUT2D eigenvalue weighted by Crippen LogP contribution is -2.49. The number of benzene rings is 8. The fourth-order valence-electron chi connectivity index (χ4n) is 9.60. The smallest absolute Gasteiger partial charge is 0.114 e. The van der Waals surface area contributed by atoms with Crippen LogP contribution in [-0.4, -0.2) is 16.1 Å². The van der Waals surface area contributed by atoms with E-state index in [0.717, 1.165) is 0 Å². The minimum atomic E-state index is -2.01. The van der Waals surface area contributed by atoms with Gasteiger partial charge in [0.25, 0.3) is 0 Å². The Morgan fingerprint density at radius 3 is 1.91 bits per heavy atom. The van der Waals surface area contributed by atoms with Crippen molar-refractivity contribution in [2.24, 2.45) is 0 Å². The Morgan fingerprint density at radius 2 is 1.06 bits per heavy atom. The van der Waals surface area contributed by atoms with Crippen molar-refractivity contribution in [1.29, 1.82) is 0 Å². The molecule has 258 valence electrons. The molecule has 1 aromatic heterocycles. The Hall–Kier alpha value is -5.53. The average Bonchev–Trinajstić information content (AvgIpc) is 3.77. The molecule has 2 aliphatic rings. The van der Waals surface area contributed by atoms with Crippen LogP contribution in [-0.2, 0) is 0 Å². The highest BCUT2D eigenvalue weighted by molar-refractivity contribution is 7.26. The zero-order valence-corrected chi connectivity index (χ0v) is 33.8. The van der Waals surface area contributed by atoms with E-state index >= 15 is 0 Å². The van der Waals surface area contributed by atoms with Gasteiger partial charge in [-0.1, -0.05) is 141 Å². The van der Waals surface area contributed by atoms with Crippen LogP contribution in [0.4, 0.5) is 17.1 Å². The Labute approximate surface area is 322 Å². The van der Waals surface area contributed by atoms with Crippen LogP contribution in [0.3, 0.4) is 0 Å². The van der Waals surface area contributed by atoms with Crippen molar-refractivity contribution >= 4 is 96.2 Å². The van der Waals surface area contributed by atoms with E-state index in [9.17, 15) is 0 Å². The number of rotatable bonds is 4. The highest BCUT2D eigenvalue weighted by Gasteiger charge is 2.40. The van der Waals surface area contributed by atoms with Gasteiger partial charge in [-0.2, -0.15) is 0 Å². The lowest BCUT2D eigenvalue weighted by Gasteiger charge is -2.29. The zero-order chi connectivity index (χ0) is 36.3. The van der Waals surface area contributed by atoms with Gasteiger partial charge < -0.3 is 4.90 Å². The van der Waals surface area contributed by atoms with Crippen molar-refractivity contribution in [2.75, 3.05) is 4.90 Å². The van der Waals surface area contributed by atoms with Gasteiger partial charge in [0.2, 0.25) is 0 Å². The molecule has 0 saturated carbocycles. The number of nitrogens with zero attached hydrogens (tertiary/aromatic N) is 1. The van der Waals surface area contributed by atoms with Gasteiger partial charge >= 0.3 is 0 Å². The van der Waals surface area contributed by atoms with Gasteiger partial charge in [-0.15, -0.1) is 11.3 Å². The highest BCUT2D eigenvalue weighted by Crippen LogP contribution is 2.44. The fourth-order valence-corrected chi connectivity index (χ4v) is 17.1. The predicted molar refractivity (Wildman–Crippen MR) is 241 cm³/mol. The topological polar surface area (TPSA) is 3.24 Å². The largest absolute Gasteiger partial charge is 0.310 e. The molecular formula is C50H39NSSi2. The molecule has 0 spiro atoms. The SMILES string of the molecule is C[Si]1(C)c2ccccc2-c2ccc(N(c3cccc(-c4ccc5ccccc5c4)c3)c3ccc4c(c3)[Si](C)(C)c3ccc5c(sc6ccccc65)c3-4)cc21. The molecule has 4 heteroatoms. The number of fused-ring (bicyclic) bond motifs is 11. The van der Waals surface area contributed by atoms with E-state index in [1.807, 2.05) is 11.3 Å². The van der Waals surface area contributed by atoms with Crippen molar-refractivity contribution in [1.82, 2.24) is 0 Å². The van der Waals surface area contributed by atoms with Crippen LogP contribution < -0.4 is 25.6 Å². The molecule has 2 aliphatic heterocycles. The van der Waals surface area contributed by atoms with Crippen molar-refractivity contribution in [3.05, 3.63) is 164 Å². The summed E-state index contributed by atoms with van der Waals surface area (Å²) in [5.41, 5.74) is 11.8. The molecule has 0 bridgehead atoms. The quantitative estimate of drug-likeness (QED) is 0.162. The summed E-state index contributed by atoms with van der Waals surface area (Å²) in [5.74, 6) is 0. The number of anilines is 3. The molecule has 8 aromatic carbocycles. The number of hydrogen-bond acceptors (Lipinski definition) is 2. The number of hydrogen-bond donors (Lipinski definition) is 0. The molecule has 0 fully saturated rings. The molecule has 9 aromatic rings. The Morgan fingerprint density at radius 1 is 0.407 bits per heavy atom. The Bertz CT molecular complexity index is 3020. The van der Waals surface area contributed by atoms with Crippen molar-refractivity contribution in [2.45, 2.75) is 26.2 Å². The maximum atomic E-state index is 2.55. The highest BCUT2D eigenvalue weighted by atomic mass is 32.1. The predicted octanol–water partition coefficient (Wildman–Crippen LogP) is 12.0. The summed E-state index contributed by atoms with van der Waals surface area (Å²) in [5, 5.41) is 11.4. The zero-order valence-electron chi connectivity index (χ0n) is 30.9. The van der Waals surface area contributed by atoms with E-state index in [-0.39, 0.29) is 0 Å². The first-order chi connectivity index (χ1) is 26.3. The van der Waals surface area contributed by atoms with Crippen LogP contribution in [0.1, 0.15) is 0 Å². The van der Waals surface area contributed by atoms with E-state index in [2.05, 4.69) is 195 Å². The Balaban J connectivity index is 1.11. The first-order valence-electron chi connectivity index (χ1n) is 19.0. The van der Waals surface area contributed by atoms with Gasteiger partial charge in [-0.05, 0) is 113 Å². The van der Waals surface area contributed by atoms with Crippen molar-refractivity contribution in [3.63, 3.8) is 0 Å². The summed E-state index contributed by atoms with van der Waals surface area (Å²) >= 11 is 1.96. The number of thiophene rings is 1. The van der Waals surface area contributed by atoms with Crippen LogP contribution in [0.25, 0.3) is 64.3 Å². The minimum absolute atomic E-state index is 1.18. The second kappa shape index (κ2) is 11.5. The maximum Gasteiger partial charge on any atom is 0.114 e. The molecule has 54 heavy (non-hydrogen) atoms. The molecule has 0 radical (unpaired) electrons. The van der Waals surface area contributed by atoms with E-state index in [1.54, 1.807) is 5.19 Å². The van der Waals surface area contributed by atoms with E-state index < -0.39 is 16.1 Å².